The average Bonchev–Trinajstić information content (AvgIpc) is 3.25. The first kappa shape index (κ1) is 20.0. The predicted molar refractivity (Wildman–Crippen MR) is 119 cm³/mol. The van der Waals surface area contributed by atoms with Gasteiger partial charge in [-0.1, -0.05) is 25.5 Å². The summed E-state index contributed by atoms with van der Waals surface area (Å²) < 4.78 is 6.39. The van der Waals surface area contributed by atoms with Gasteiger partial charge in [0, 0.05) is 44.8 Å². The van der Waals surface area contributed by atoms with Crippen molar-refractivity contribution in [1.29, 1.82) is 0 Å². The van der Waals surface area contributed by atoms with Gasteiger partial charge in [0.1, 0.15) is 0 Å². The van der Waals surface area contributed by atoms with Gasteiger partial charge in [0.05, 0.1) is 0 Å². The van der Waals surface area contributed by atoms with Crippen LogP contribution in [0.5, 0.6) is 0 Å². The zero-order chi connectivity index (χ0) is 21.4. The molecular formula is C22H28N6O2. The van der Waals surface area contributed by atoms with E-state index in [1.54, 1.807) is 11.4 Å². The van der Waals surface area contributed by atoms with E-state index in [4.69, 9.17) is 0 Å². The summed E-state index contributed by atoms with van der Waals surface area (Å²) in [7, 11) is 3.13. The summed E-state index contributed by atoms with van der Waals surface area (Å²) in [4.78, 5) is 29.5. The Morgan fingerprint density at radius 2 is 1.80 bits per heavy atom. The molecule has 0 amide bonds. The summed E-state index contributed by atoms with van der Waals surface area (Å²) in [6.45, 7) is 5.61. The van der Waals surface area contributed by atoms with Crippen molar-refractivity contribution in [1.82, 2.24) is 23.1 Å². The lowest BCUT2D eigenvalue weighted by Crippen LogP contribution is -2.37. The molecule has 1 N–H and O–H groups in total. The molecule has 1 aromatic carbocycles. The van der Waals surface area contributed by atoms with E-state index in [1.165, 1.54) is 30.0 Å². The third kappa shape index (κ3) is 3.32. The van der Waals surface area contributed by atoms with Crippen molar-refractivity contribution < 1.29 is 0 Å². The second-order valence-electron chi connectivity index (χ2n) is 7.81. The highest BCUT2D eigenvalue weighted by Crippen LogP contribution is 2.16. The molecule has 8 nitrogen and oxygen atoms in total. The van der Waals surface area contributed by atoms with E-state index in [2.05, 4.69) is 46.1 Å². The predicted octanol–water partition coefficient (Wildman–Crippen LogP) is 2.45. The number of benzene rings is 1. The van der Waals surface area contributed by atoms with Crippen molar-refractivity contribution in [2.75, 3.05) is 11.9 Å². The Kier molecular flexibility index (Phi) is 5.24. The number of aromatic nitrogens is 5. The molecule has 0 aliphatic carbocycles. The molecule has 0 aliphatic heterocycles. The molecule has 0 saturated heterocycles. The number of hydrogen-bond donors (Lipinski definition) is 1. The first-order valence-corrected chi connectivity index (χ1v) is 10.4. The molecule has 3 aromatic heterocycles. The summed E-state index contributed by atoms with van der Waals surface area (Å²) in [6.07, 6.45) is 5.43. The lowest BCUT2D eigenvalue weighted by molar-refractivity contribution is 0.706. The van der Waals surface area contributed by atoms with Gasteiger partial charge in [-0.3, -0.25) is 18.3 Å². The molecule has 3 heterocycles. The zero-order valence-corrected chi connectivity index (χ0v) is 18.0. The molecule has 158 valence electrons. The van der Waals surface area contributed by atoms with Crippen molar-refractivity contribution in [2.45, 2.75) is 39.7 Å². The van der Waals surface area contributed by atoms with Crippen LogP contribution in [-0.2, 0) is 27.1 Å². The summed E-state index contributed by atoms with van der Waals surface area (Å²) in [5.41, 5.74) is 3.57. The maximum absolute atomic E-state index is 12.7. The van der Waals surface area contributed by atoms with Crippen LogP contribution >= 0.6 is 0 Å². The minimum Gasteiger partial charge on any atom is -0.383 e. The molecule has 4 aromatic rings. The average molecular weight is 409 g/mol. The van der Waals surface area contributed by atoms with Gasteiger partial charge in [0.25, 0.3) is 5.56 Å². The molecule has 4 rings (SSSR count). The maximum atomic E-state index is 12.7. The number of aryl methyl sites for hydroxylation is 3. The smallest absolute Gasteiger partial charge is 0.332 e. The van der Waals surface area contributed by atoms with Crippen molar-refractivity contribution in [3.63, 3.8) is 0 Å². The highest BCUT2D eigenvalue weighted by Gasteiger charge is 2.18. The Labute approximate surface area is 174 Å². The highest BCUT2D eigenvalue weighted by atomic mass is 16.2. The molecule has 0 saturated carbocycles. The number of unbranched alkanes of at least 4 members (excludes halogenated alkanes) is 1. The molecule has 0 unspecified atom stereocenters. The lowest BCUT2D eigenvalue weighted by atomic mass is 10.1. The van der Waals surface area contributed by atoms with Gasteiger partial charge in [-0.25, -0.2) is 4.79 Å². The summed E-state index contributed by atoms with van der Waals surface area (Å²) >= 11 is 0. The molecule has 8 heteroatoms. The largest absolute Gasteiger partial charge is 0.383 e. The standard InChI is InChI=1S/C22H28N6O2/c1-5-6-7-16-8-10-17(11-9-16)23-12-13-27-15(2)14-28-18-19(24-21(27)28)25(3)22(30)26(4)20(18)29/h8-11,14,23H,5-7,12-13H2,1-4H3. The number of nitrogens with one attached hydrogen (secondary N) is 1. The fourth-order valence-electron chi connectivity index (χ4n) is 3.89. The van der Waals surface area contributed by atoms with E-state index in [0.717, 1.165) is 28.9 Å². The van der Waals surface area contributed by atoms with Crippen LogP contribution in [0.3, 0.4) is 0 Å². The fourth-order valence-corrected chi connectivity index (χ4v) is 3.89. The van der Waals surface area contributed by atoms with E-state index in [0.29, 0.717) is 23.5 Å². The van der Waals surface area contributed by atoms with Gasteiger partial charge < -0.3 is 9.88 Å². The van der Waals surface area contributed by atoms with Crippen LogP contribution in [0.4, 0.5) is 5.69 Å². The molecular weight excluding hydrogens is 380 g/mol. The number of fused-ring (bicyclic) bond motifs is 3. The van der Waals surface area contributed by atoms with Gasteiger partial charge in [-0.15, -0.1) is 0 Å². The Balaban J connectivity index is 1.58. The first-order valence-electron chi connectivity index (χ1n) is 10.4. The van der Waals surface area contributed by atoms with Crippen molar-refractivity contribution in [3.8, 4) is 0 Å². The topological polar surface area (TPSA) is 78.3 Å². The van der Waals surface area contributed by atoms with Crippen LogP contribution in [0, 0.1) is 6.92 Å². The number of imidazole rings is 2. The maximum Gasteiger partial charge on any atom is 0.332 e. The minimum absolute atomic E-state index is 0.334. The first-order chi connectivity index (χ1) is 14.4. The fraction of sp³-hybridized carbons (Fsp3) is 0.409. The van der Waals surface area contributed by atoms with Crippen LogP contribution < -0.4 is 16.6 Å². The van der Waals surface area contributed by atoms with Crippen LogP contribution in [-0.4, -0.2) is 29.6 Å². The second-order valence-corrected chi connectivity index (χ2v) is 7.81. The monoisotopic (exact) mass is 408 g/mol. The Bertz CT molecular complexity index is 1320. The van der Waals surface area contributed by atoms with Crippen molar-refractivity contribution in [2.24, 2.45) is 14.1 Å². The van der Waals surface area contributed by atoms with Crippen LogP contribution in [0.1, 0.15) is 31.0 Å². The quantitative estimate of drug-likeness (QED) is 0.510. The van der Waals surface area contributed by atoms with Crippen molar-refractivity contribution in [3.05, 3.63) is 62.6 Å². The molecule has 0 aliphatic rings. The normalized spacial score (nSPS) is 11.6. The molecule has 0 fully saturated rings. The van der Waals surface area contributed by atoms with E-state index in [9.17, 15) is 9.59 Å². The Morgan fingerprint density at radius 1 is 1.07 bits per heavy atom. The molecule has 0 atom stereocenters. The van der Waals surface area contributed by atoms with Crippen molar-refractivity contribution >= 4 is 22.6 Å². The Hall–Kier alpha value is -3.29. The van der Waals surface area contributed by atoms with E-state index >= 15 is 0 Å². The number of hydrogen-bond acceptors (Lipinski definition) is 4. The van der Waals surface area contributed by atoms with Crippen LogP contribution in [0.15, 0.2) is 40.1 Å². The third-order valence-electron chi connectivity index (χ3n) is 5.69. The SMILES string of the molecule is CCCCc1ccc(NCCn2c(C)cn3c4c(=O)n(C)c(=O)n(C)c4nc23)cc1. The summed E-state index contributed by atoms with van der Waals surface area (Å²) in [5.74, 6) is 0.664. The number of rotatable bonds is 7. The second kappa shape index (κ2) is 7.85. The molecule has 0 radical (unpaired) electrons. The van der Waals surface area contributed by atoms with Gasteiger partial charge in [-0.2, -0.15) is 4.98 Å². The van der Waals surface area contributed by atoms with Gasteiger partial charge >= 0.3 is 5.69 Å². The number of nitrogens with zero attached hydrogens (tertiary/aromatic N) is 5. The van der Waals surface area contributed by atoms with Crippen LogP contribution in [0.25, 0.3) is 16.9 Å². The zero-order valence-electron chi connectivity index (χ0n) is 18.0. The summed E-state index contributed by atoms with van der Waals surface area (Å²) in [5, 5.41) is 3.45. The van der Waals surface area contributed by atoms with Gasteiger partial charge in [0.2, 0.25) is 5.78 Å². The van der Waals surface area contributed by atoms with E-state index < -0.39 is 0 Å². The molecule has 0 spiro atoms. The lowest BCUT2D eigenvalue weighted by Gasteiger charge is -2.09. The Morgan fingerprint density at radius 3 is 2.50 bits per heavy atom. The molecule has 0 bridgehead atoms. The van der Waals surface area contributed by atoms with Gasteiger partial charge in [-0.05, 0) is 37.5 Å². The highest BCUT2D eigenvalue weighted by molar-refractivity contribution is 5.75. The third-order valence-corrected chi connectivity index (χ3v) is 5.69. The van der Waals surface area contributed by atoms with E-state index in [1.807, 2.05) is 13.1 Å². The number of anilines is 1. The minimum atomic E-state index is -0.374. The van der Waals surface area contributed by atoms with Gasteiger partial charge in [0.15, 0.2) is 11.2 Å². The summed E-state index contributed by atoms with van der Waals surface area (Å²) in [6, 6.07) is 8.59. The molecule has 30 heavy (non-hydrogen) atoms. The van der Waals surface area contributed by atoms with E-state index in [-0.39, 0.29) is 11.2 Å². The van der Waals surface area contributed by atoms with Crippen LogP contribution in [0.2, 0.25) is 0 Å².